The van der Waals surface area contributed by atoms with Gasteiger partial charge in [-0.1, -0.05) is 43.2 Å². The zero-order chi connectivity index (χ0) is 26.3. The number of nitrogens with one attached hydrogen (secondary N) is 2. The molecule has 0 aromatic heterocycles. The normalized spacial score (nSPS) is 21.5. The standard InChI is InChI=1S/C28H41N5O4/c29-25(35)28(14-4-5-15-28)26(36)33(20-13-21-7-2-1-3-8-21)27(37)31-17-10-22-11-18-32(19-12-22)24(34)23-9-6-16-30-23/h1-3,7-8,22-23,30H,4-6,9-20H2,(H2,29,35)(H,31,37)/t23-/m0/s1. The van der Waals surface area contributed by atoms with E-state index in [-0.39, 0.29) is 18.5 Å². The molecule has 4 rings (SSSR count). The zero-order valence-electron chi connectivity index (χ0n) is 21.8. The van der Waals surface area contributed by atoms with Crippen LogP contribution in [0.4, 0.5) is 4.79 Å². The van der Waals surface area contributed by atoms with Crippen molar-refractivity contribution >= 4 is 23.8 Å². The molecule has 9 heteroatoms. The Hall–Kier alpha value is -2.94. The van der Waals surface area contributed by atoms with Gasteiger partial charge in [-0.25, -0.2) is 4.79 Å². The Morgan fingerprint density at radius 3 is 2.35 bits per heavy atom. The van der Waals surface area contributed by atoms with Crippen molar-refractivity contribution in [1.82, 2.24) is 20.4 Å². The number of imide groups is 1. The van der Waals surface area contributed by atoms with E-state index in [4.69, 9.17) is 5.73 Å². The van der Waals surface area contributed by atoms with Crippen LogP contribution in [0.2, 0.25) is 0 Å². The minimum absolute atomic E-state index is 0.0289. The van der Waals surface area contributed by atoms with E-state index in [0.717, 1.165) is 70.1 Å². The molecule has 0 spiro atoms. The number of hydrogen-bond donors (Lipinski definition) is 3. The smallest absolute Gasteiger partial charge is 0.324 e. The largest absolute Gasteiger partial charge is 0.369 e. The lowest BCUT2D eigenvalue weighted by atomic mass is 9.83. The number of piperidine rings is 1. The van der Waals surface area contributed by atoms with Crippen molar-refractivity contribution in [3.63, 3.8) is 0 Å². The molecule has 37 heavy (non-hydrogen) atoms. The molecule has 0 bridgehead atoms. The molecule has 2 heterocycles. The molecule has 2 aliphatic heterocycles. The quantitative estimate of drug-likeness (QED) is 0.439. The summed E-state index contributed by atoms with van der Waals surface area (Å²) in [4.78, 5) is 55.0. The Balaban J connectivity index is 1.30. The lowest BCUT2D eigenvalue weighted by Gasteiger charge is -2.34. The molecule has 202 valence electrons. The lowest BCUT2D eigenvalue weighted by Crippen LogP contribution is -2.55. The highest BCUT2D eigenvalue weighted by atomic mass is 16.2. The van der Waals surface area contributed by atoms with Crippen LogP contribution in [-0.4, -0.2) is 72.3 Å². The minimum Gasteiger partial charge on any atom is -0.369 e. The summed E-state index contributed by atoms with van der Waals surface area (Å²) < 4.78 is 0. The average Bonchev–Trinajstić information content (AvgIpc) is 3.63. The van der Waals surface area contributed by atoms with E-state index in [1.165, 1.54) is 4.90 Å². The van der Waals surface area contributed by atoms with Gasteiger partial charge in [0.2, 0.25) is 17.7 Å². The van der Waals surface area contributed by atoms with Gasteiger partial charge in [-0.05, 0) is 69.4 Å². The van der Waals surface area contributed by atoms with Gasteiger partial charge in [0.25, 0.3) is 0 Å². The maximum atomic E-state index is 13.6. The van der Waals surface area contributed by atoms with Crippen molar-refractivity contribution in [1.29, 1.82) is 0 Å². The predicted molar refractivity (Wildman–Crippen MR) is 140 cm³/mol. The molecule has 1 atom stereocenters. The van der Waals surface area contributed by atoms with E-state index < -0.39 is 23.3 Å². The van der Waals surface area contributed by atoms with Gasteiger partial charge < -0.3 is 21.3 Å². The maximum Gasteiger partial charge on any atom is 0.324 e. The molecule has 1 aromatic carbocycles. The van der Waals surface area contributed by atoms with E-state index in [1.54, 1.807) is 0 Å². The summed E-state index contributed by atoms with van der Waals surface area (Å²) in [6, 6.07) is 9.19. The molecule has 1 aliphatic carbocycles. The average molecular weight is 512 g/mol. The fourth-order valence-corrected chi connectivity index (χ4v) is 6.02. The number of likely N-dealkylation sites (tertiary alicyclic amines) is 1. The van der Waals surface area contributed by atoms with Crippen LogP contribution in [0, 0.1) is 11.3 Å². The second-order valence-corrected chi connectivity index (χ2v) is 10.8. The molecule has 3 aliphatic rings. The Morgan fingerprint density at radius 1 is 1.03 bits per heavy atom. The van der Waals surface area contributed by atoms with E-state index in [0.29, 0.717) is 31.7 Å². The first-order valence-corrected chi connectivity index (χ1v) is 13.9. The summed E-state index contributed by atoms with van der Waals surface area (Å²) in [5.41, 5.74) is 5.42. The number of nitrogens with zero attached hydrogens (tertiary/aromatic N) is 2. The third kappa shape index (κ3) is 6.50. The van der Waals surface area contributed by atoms with Crippen LogP contribution in [0.25, 0.3) is 0 Å². The fraction of sp³-hybridized carbons (Fsp3) is 0.643. The molecule has 3 fully saturated rings. The van der Waals surface area contributed by atoms with Gasteiger partial charge in [0.05, 0.1) is 6.04 Å². The van der Waals surface area contributed by atoms with Crippen molar-refractivity contribution in [2.24, 2.45) is 17.1 Å². The van der Waals surface area contributed by atoms with Gasteiger partial charge in [0.15, 0.2) is 0 Å². The van der Waals surface area contributed by atoms with Crippen LogP contribution in [0.15, 0.2) is 30.3 Å². The molecule has 1 aromatic rings. The SMILES string of the molecule is NC(=O)C1(C(=O)N(CCc2ccccc2)C(=O)NCCC2CCN(C(=O)[C@@H]3CCCN3)CC2)CCCC1. The molecule has 0 unspecified atom stereocenters. The van der Waals surface area contributed by atoms with Crippen LogP contribution in [0.1, 0.15) is 63.4 Å². The lowest BCUT2D eigenvalue weighted by molar-refractivity contribution is -0.146. The number of primary amides is 1. The van der Waals surface area contributed by atoms with Crippen LogP contribution < -0.4 is 16.4 Å². The van der Waals surface area contributed by atoms with Crippen molar-refractivity contribution in [2.75, 3.05) is 32.7 Å². The Kier molecular flexibility index (Phi) is 9.18. The predicted octanol–water partition coefficient (Wildman–Crippen LogP) is 2.19. The van der Waals surface area contributed by atoms with E-state index >= 15 is 0 Å². The van der Waals surface area contributed by atoms with Crippen LogP contribution >= 0.6 is 0 Å². The topological polar surface area (TPSA) is 125 Å². The summed E-state index contributed by atoms with van der Waals surface area (Å²) in [7, 11) is 0. The molecule has 2 saturated heterocycles. The highest BCUT2D eigenvalue weighted by molar-refractivity contribution is 6.09. The van der Waals surface area contributed by atoms with E-state index in [9.17, 15) is 19.2 Å². The molecule has 9 nitrogen and oxygen atoms in total. The van der Waals surface area contributed by atoms with Gasteiger partial charge in [-0.3, -0.25) is 19.3 Å². The molecule has 1 saturated carbocycles. The number of carbonyl (C=O) groups excluding carboxylic acids is 4. The van der Waals surface area contributed by atoms with Gasteiger partial charge in [-0.2, -0.15) is 0 Å². The monoisotopic (exact) mass is 511 g/mol. The van der Waals surface area contributed by atoms with Crippen LogP contribution in [-0.2, 0) is 20.8 Å². The van der Waals surface area contributed by atoms with Gasteiger partial charge in [-0.15, -0.1) is 0 Å². The summed E-state index contributed by atoms with van der Waals surface area (Å²) >= 11 is 0. The Morgan fingerprint density at radius 2 is 1.73 bits per heavy atom. The third-order valence-electron chi connectivity index (χ3n) is 8.41. The molecule has 4 N–H and O–H groups in total. The maximum absolute atomic E-state index is 13.6. The molecule has 0 radical (unpaired) electrons. The first-order chi connectivity index (χ1) is 17.9. The second kappa shape index (κ2) is 12.5. The van der Waals surface area contributed by atoms with Gasteiger partial charge >= 0.3 is 6.03 Å². The van der Waals surface area contributed by atoms with Gasteiger partial charge in [0.1, 0.15) is 5.41 Å². The number of hydrogen-bond acceptors (Lipinski definition) is 5. The van der Waals surface area contributed by atoms with Gasteiger partial charge in [0, 0.05) is 26.2 Å². The highest BCUT2D eigenvalue weighted by Gasteiger charge is 2.49. The number of amides is 5. The van der Waals surface area contributed by atoms with Crippen molar-refractivity contribution in [3.05, 3.63) is 35.9 Å². The molecule has 5 amide bonds. The van der Waals surface area contributed by atoms with Crippen LogP contribution in [0.5, 0.6) is 0 Å². The van der Waals surface area contributed by atoms with E-state index in [1.807, 2.05) is 35.2 Å². The number of urea groups is 1. The molecular weight excluding hydrogens is 470 g/mol. The fourth-order valence-electron chi connectivity index (χ4n) is 6.02. The Labute approximate surface area is 219 Å². The van der Waals surface area contributed by atoms with Crippen molar-refractivity contribution in [3.8, 4) is 0 Å². The van der Waals surface area contributed by atoms with Crippen molar-refractivity contribution in [2.45, 2.75) is 70.3 Å². The summed E-state index contributed by atoms with van der Waals surface area (Å²) in [6.45, 7) is 3.05. The Bertz CT molecular complexity index is 949. The number of nitrogens with two attached hydrogens (primary N) is 1. The first kappa shape index (κ1) is 27.1. The highest BCUT2D eigenvalue weighted by Crippen LogP contribution is 2.39. The second-order valence-electron chi connectivity index (χ2n) is 10.8. The first-order valence-electron chi connectivity index (χ1n) is 13.9. The van der Waals surface area contributed by atoms with Crippen molar-refractivity contribution < 1.29 is 19.2 Å². The van der Waals surface area contributed by atoms with Crippen LogP contribution in [0.3, 0.4) is 0 Å². The van der Waals surface area contributed by atoms with E-state index in [2.05, 4.69) is 10.6 Å². The number of benzene rings is 1. The molecular formula is C28H41N5O4. The summed E-state index contributed by atoms with van der Waals surface area (Å²) in [6.07, 6.45) is 7.38. The number of carbonyl (C=O) groups is 4. The summed E-state index contributed by atoms with van der Waals surface area (Å²) in [5.74, 6) is -0.479. The minimum atomic E-state index is -1.29. The summed E-state index contributed by atoms with van der Waals surface area (Å²) in [5, 5.41) is 6.21. The zero-order valence-corrected chi connectivity index (χ0v) is 21.8. The number of rotatable bonds is 9. The third-order valence-corrected chi connectivity index (χ3v) is 8.41.